The number of amides is 1. The molecule has 2 aromatic heterocycles. The summed E-state index contributed by atoms with van der Waals surface area (Å²) in [4.78, 5) is 26.1. The van der Waals surface area contributed by atoms with Gasteiger partial charge in [0.1, 0.15) is 6.33 Å². The van der Waals surface area contributed by atoms with Crippen molar-refractivity contribution in [1.82, 2.24) is 19.5 Å². The van der Waals surface area contributed by atoms with E-state index in [0.717, 1.165) is 0 Å². The number of anilines is 1. The summed E-state index contributed by atoms with van der Waals surface area (Å²) in [6, 6.07) is 0. The van der Waals surface area contributed by atoms with Crippen molar-refractivity contribution in [1.29, 1.82) is 0 Å². The minimum absolute atomic E-state index is 0.00733. The van der Waals surface area contributed by atoms with Crippen LogP contribution >= 0.6 is 0 Å². The third kappa shape index (κ3) is 1.90. The van der Waals surface area contributed by atoms with Crippen molar-refractivity contribution in [3.05, 3.63) is 12.7 Å². The molecule has 0 aromatic carbocycles. The predicted molar refractivity (Wildman–Crippen MR) is 71.7 cm³/mol. The van der Waals surface area contributed by atoms with Crippen molar-refractivity contribution in [2.75, 3.05) is 18.1 Å². The molecule has 1 aliphatic rings. The zero-order chi connectivity index (χ0) is 14.1. The minimum Gasteiger partial charge on any atom is -0.395 e. The molecule has 102 valence electrons. The zero-order valence-corrected chi connectivity index (χ0v) is 10.7. The molecule has 1 aliphatic heterocycles. The van der Waals surface area contributed by atoms with Gasteiger partial charge in [0.2, 0.25) is 5.91 Å². The van der Waals surface area contributed by atoms with Gasteiger partial charge in [0.05, 0.1) is 12.9 Å². The maximum absolute atomic E-state index is 12.0. The van der Waals surface area contributed by atoms with Gasteiger partial charge in [0.25, 0.3) is 0 Å². The second-order valence-corrected chi connectivity index (χ2v) is 4.60. The Bertz CT molecular complexity index is 702. The first-order valence-corrected chi connectivity index (χ1v) is 6.27. The van der Waals surface area contributed by atoms with Gasteiger partial charge in [0.15, 0.2) is 17.0 Å². The van der Waals surface area contributed by atoms with Crippen LogP contribution in [0.25, 0.3) is 11.2 Å². The van der Waals surface area contributed by atoms with Crippen molar-refractivity contribution in [3.63, 3.8) is 0 Å². The number of nitrogens with zero attached hydrogens (tertiary/aromatic N) is 5. The van der Waals surface area contributed by atoms with Crippen molar-refractivity contribution >= 4 is 22.9 Å². The third-order valence-corrected chi connectivity index (χ3v) is 3.34. The molecule has 0 spiro atoms. The average molecular weight is 271 g/mol. The van der Waals surface area contributed by atoms with Gasteiger partial charge < -0.3 is 9.67 Å². The highest BCUT2D eigenvalue weighted by Crippen LogP contribution is 2.27. The Morgan fingerprint density at radius 3 is 3.00 bits per heavy atom. The van der Waals surface area contributed by atoms with E-state index in [1.54, 1.807) is 15.8 Å². The number of carbonyl (C=O) groups is 1. The van der Waals surface area contributed by atoms with E-state index in [1.807, 2.05) is 0 Å². The Labute approximate surface area is 115 Å². The molecule has 1 N–H and O–H groups in total. The van der Waals surface area contributed by atoms with E-state index >= 15 is 0 Å². The summed E-state index contributed by atoms with van der Waals surface area (Å²) >= 11 is 0. The van der Waals surface area contributed by atoms with Gasteiger partial charge in [0, 0.05) is 25.4 Å². The summed E-state index contributed by atoms with van der Waals surface area (Å²) in [5.74, 6) is 2.94. The molecular weight excluding hydrogens is 258 g/mol. The number of aliphatic hydroxyl groups excluding tert-OH is 1. The molecule has 0 bridgehead atoms. The maximum atomic E-state index is 12.0. The van der Waals surface area contributed by atoms with Gasteiger partial charge in [-0.25, -0.2) is 15.0 Å². The Kier molecular flexibility index (Phi) is 3.08. The molecule has 1 saturated heterocycles. The van der Waals surface area contributed by atoms with Gasteiger partial charge in [-0.05, 0) is 0 Å². The normalized spacial score (nSPS) is 18.7. The molecule has 0 radical (unpaired) electrons. The summed E-state index contributed by atoms with van der Waals surface area (Å²) < 4.78 is 1.72. The van der Waals surface area contributed by atoms with Crippen LogP contribution in [0.2, 0.25) is 0 Å². The van der Waals surface area contributed by atoms with Crippen molar-refractivity contribution < 1.29 is 9.90 Å². The molecule has 20 heavy (non-hydrogen) atoms. The standard InChI is InChI=1S/C13H13N5O2/c1-2-9-5-10(20)18(6-9)13-11-12(14-7-15-13)17(3-4-19)8-16-11/h1,7-9,19H,3-6H2. The van der Waals surface area contributed by atoms with Crippen LogP contribution in [0.15, 0.2) is 12.7 Å². The van der Waals surface area contributed by atoms with Crippen LogP contribution in [-0.2, 0) is 11.3 Å². The summed E-state index contributed by atoms with van der Waals surface area (Å²) in [5, 5.41) is 9.01. The van der Waals surface area contributed by atoms with Gasteiger partial charge in [-0.15, -0.1) is 12.3 Å². The van der Waals surface area contributed by atoms with E-state index in [4.69, 9.17) is 11.5 Å². The molecule has 1 unspecified atom stereocenters. The predicted octanol–water partition coefficient (Wildman–Crippen LogP) is -0.195. The van der Waals surface area contributed by atoms with Crippen LogP contribution in [0, 0.1) is 18.3 Å². The summed E-state index contributed by atoms with van der Waals surface area (Å²) in [6.07, 6.45) is 8.69. The fraction of sp³-hybridized carbons (Fsp3) is 0.385. The minimum atomic E-state index is -0.0907. The lowest BCUT2D eigenvalue weighted by Gasteiger charge is -2.14. The molecular formula is C13H13N5O2. The van der Waals surface area contributed by atoms with E-state index in [1.165, 1.54) is 6.33 Å². The highest BCUT2D eigenvalue weighted by molar-refractivity contribution is 6.00. The largest absolute Gasteiger partial charge is 0.395 e. The molecule has 2 aromatic rings. The average Bonchev–Trinajstić information content (AvgIpc) is 3.03. The zero-order valence-electron chi connectivity index (χ0n) is 10.7. The molecule has 7 nitrogen and oxygen atoms in total. The molecule has 1 amide bonds. The summed E-state index contributed by atoms with van der Waals surface area (Å²) in [6.45, 7) is 0.842. The maximum Gasteiger partial charge on any atom is 0.229 e. The lowest BCUT2D eigenvalue weighted by molar-refractivity contribution is -0.117. The molecule has 3 heterocycles. The van der Waals surface area contributed by atoms with Crippen LogP contribution < -0.4 is 4.90 Å². The highest BCUT2D eigenvalue weighted by Gasteiger charge is 2.32. The van der Waals surface area contributed by atoms with Crippen LogP contribution in [0.1, 0.15) is 6.42 Å². The fourth-order valence-electron chi connectivity index (χ4n) is 2.36. The number of fused-ring (bicyclic) bond motifs is 1. The number of hydrogen-bond donors (Lipinski definition) is 1. The third-order valence-electron chi connectivity index (χ3n) is 3.34. The van der Waals surface area contributed by atoms with Crippen LogP contribution in [-0.4, -0.2) is 43.7 Å². The van der Waals surface area contributed by atoms with Crippen LogP contribution in [0.3, 0.4) is 0 Å². The van der Waals surface area contributed by atoms with Gasteiger partial charge in [-0.1, -0.05) is 0 Å². The monoisotopic (exact) mass is 271 g/mol. The van der Waals surface area contributed by atoms with Crippen molar-refractivity contribution in [3.8, 4) is 12.3 Å². The molecule has 1 fully saturated rings. The van der Waals surface area contributed by atoms with E-state index < -0.39 is 0 Å². The summed E-state index contributed by atoms with van der Waals surface area (Å²) in [5.41, 5.74) is 1.15. The SMILES string of the molecule is C#CC1CC(=O)N(c2ncnc3c2ncn3CCO)C1. The van der Waals surface area contributed by atoms with Crippen LogP contribution in [0.5, 0.6) is 0 Å². The first-order valence-electron chi connectivity index (χ1n) is 6.27. The number of imidazole rings is 1. The Morgan fingerprint density at radius 1 is 1.45 bits per heavy atom. The van der Waals surface area contributed by atoms with E-state index in [2.05, 4.69) is 20.9 Å². The Balaban J connectivity index is 2.05. The number of rotatable bonds is 3. The number of hydrogen-bond acceptors (Lipinski definition) is 5. The molecule has 7 heteroatoms. The molecule has 3 rings (SSSR count). The Morgan fingerprint density at radius 2 is 2.30 bits per heavy atom. The first kappa shape index (κ1) is 12.6. The topological polar surface area (TPSA) is 84.1 Å². The number of terminal acetylenes is 1. The van der Waals surface area contributed by atoms with Gasteiger partial charge in [-0.2, -0.15) is 0 Å². The van der Waals surface area contributed by atoms with E-state index in [-0.39, 0.29) is 18.4 Å². The molecule has 1 atom stereocenters. The fourth-order valence-corrected chi connectivity index (χ4v) is 2.36. The van der Waals surface area contributed by atoms with E-state index in [0.29, 0.717) is 36.5 Å². The first-order chi connectivity index (χ1) is 9.74. The second kappa shape index (κ2) is 4.90. The number of aromatic nitrogens is 4. The van der Waals surface area contributed by atoms with Crippen molar-refractivity contribution in [2.45, 2.75) is 13.0 Å². The molecule has 0 aliphatic carbocycles. The summed E-state index contributed by atoms with van der Waals surface area (Å²) in [7, 11) is 0. The quantitative estimate of drug-likeness (QED) is 0.782. The smallest absolute Gasteiger partial charge is 0.229 e. The second-order valence-electron chi connectivity index (χ2n) is 4.60. The Hall–Kier alpha value is -2.46. The van der Waals surface area contributed by atoms with E-state index in [9.17, 15) is 4.79 Å². The van der Waals surface area contributed by atoms with Crippen LogP contribution in [0.4, 0.5) is 5.82 Å². The van der Waals surface area contributed by atoms with Crippen molar-refractivity contribution in [2.24, 2.45) is 5.92 Å². The lowest BCUT2D eigenvalue weighted by atomic mass is 10.1. The van der Waals surface area contributed by atoms with Gasteiger partial charge in [-0.3, -0.25) is 9.69 Å². The highest BCUT2D eigenvalue weighted by atomic mass is 16.3. The number of carbonyl (C=O) groups excluding carboxylic acids is 1. The van der Waals surface area contributed by atoms with Gasteiger partial charge >= 0.3 is 0 Å². The lowest BCUT2D eigenvalue weighted by Crippen LogP contribution is -2.25. The number of aliphatic hydroxyl groups is 1. The molecule has 0 saturated carbocycles.